The second kappa shape index (κ2) is 13.9. The minimum absolute atomic E-state index is 0.127. The summed E-state index contributed by atoms with van der Waals surface area (Å²) in [4.78, 5) is 31.2. The zero-order valence-corrected chi connectivity index (χ0v) is 24.2. The fourth-order valence-electron chi connectivity index (χ4n) is 4.73. The number of carbonyl (C=O) groups is 2. The number of pyridine rings is 1. The molecule has 9 nitrogen and oxygen atoms in total. The van der Waals surface area contributed by atoms with Gasteiger partial charge in [0.1, 0.15) is 11.8 Å². The van der Waals surface area contributed by atoms with E-state index in [1.807, 2.05) is 37.3 Å². The summed E-state index contributed by atoms with van der Waals surface area (Å²) < 4.78 is 11.5. The van der Waals surface area contributed by atoms with Crippen molar-refractivity contribution in [2.24, 2.45) is 5.92 Å². The summed E-state index contributed by atoms with van der Waals surface area (Å²) in [5.74, 6) is 0.392. The average molecular weight is 607 g/mol. The molecule has 208 valence electrons. The summed E-state index contributed by atoms with van der Waals surface area (Å²) in [6.45, 7) is 4.62. The quantitative estimate of drug-likeness (QED) is 0.220. The van der Waals surface area contributed by atoms with Gasteiger partial charge in [-0.25, -0.2) is 0 Å². The molecule has 1 aliphatic rings. The van der Waals surface area contributed by atoms with Crippen molar-refractivity contribution in [1.82, 2.24) is 9.88 Å². The maximum atomic E-state index is 12.8. The minimum Gasteiger partial charge on any atom is -0.494 e. The number of piperidine rings is 1. The summed E-state index contributed by atoms with van der Waals surface area (Å²) >= 11 is 3.47. The number of aromatic nitrogens is 1. The Morgan fingerprint density at radius 2 is 2.05 bits per heavy atom. The second-order valence-corrected chi connectivity index (χ2v) is 10.4. The van der Waals surface area contributed by atoms with E-state index in [-0.39, 0.29) is 11.9 Å². The van der Waals surface area contributed by atoms with Crippen molar-refractivity contribution in [2.75, 3.05) is 44.0 Å². The fourth-order valence-corrected chi connectivity index (χ4v) is 5.13. The molecule has 10 heteroatoms. The first-order valence-electron chi connectivity index (χ1n) is 13.2. The zero-order valence-electron chi connectivity index (χ0n) is 22.6. The lowest BCUT2D eigenvalue weighted by Crippen LogP contribution is -2.34. The highest BCUT2D eigenvalue weighted by atomic mass is 79.9. The van der Waals surface area contributed by atoms with E-state index in [1.54, 1.807) is 12.1 Å². The molecule has 0 aliphatic carbocycles. The van der Waals surface area contributed by atoms with Crippen LogP contribution in [0.3, 0.4) is 0 Å². The van der Waals surface area contributed by atoms with E-state index < -0.39 is 0 Å². The highest BCUT2D eigenvalue weighted by Crippen LogP contribution is 2.36. The van der Waals surface area contributed by atoms with Gasteiger partial charge >= 0.3 is 5.97 Å². The van der Waals surface area contributed by atoms with Crippen LogP contribution in [-0.2, 0) is 14.3 Å². The predicted molar refractivity (Wildman–Crippen MR) is 159 cm³/mol. The highest BCUT2D eigenvalue weighted by Gasteiger charge is 2.21. The van der Waals surface area contributed by atoms with Gasteiger partial charge in [0, 0.05) is 46.9 Å². The number of rotatable bonds is 10. The van der Waals surface area contributed by atoms with Crippen molar-refractivity contribution in [3.8, 4) is 11.8 Å². The SMILES string of the molecule is CCOC(=O)CC1CCN(CC=CC(=O)Nc2cc3c(Nc4cccc(Br)c4)c(C#N)cnc3cc2OC)CC1. The molecule has 0 saturated carbocycles. The third kappa shape index (κ3) is 7.58. The number of fused-ring (bicyclic) bond motifs is 1. The van der Waals surface area contributed by atoms with Crippen LogP contribution in [0.2, 0.25) is 0 Å². The maximum Gasteiger partial charge on any atom is 0.306 e. The molecule has 1 fully saturated rings. The van der Waals surface area contributed by atoms with Gasteiger partial charge in [0.05, 0.1) is 36.2 Å². The number of nitrogens with one attached hydrogen (secondary N) is 2. The van der Waals surface area contributed by atoms with Crippen molar-refractivity contribution in [2.45, 2.75) is 26.2 Å². The number of halogens is 1. The second-order valence-electron chi connectivity index (χ2n) is 9.51. The minimum atomic E-state index is -0.291. The Labute approximate surface area is 242 Å². The van der Waals surface area contributed by atoms with Crippen molar-refractivity contribution < 1.29 is 19.1 Å². The Balaban J connectivity index is 1.44. The van der Waals surface area contributed by atoms with Crippen LogP contribution >= 0.6 is 15.9 Å². The van der Waals surface area contributed by atoms with Gasteiger partial charge in [-0.05, 0) is 63.0 Å². The van der Waals surface area contributed by atoms with Crippen LogP contribution in [0.15, 0.2) is 59.2 Å². The molecule has 0 radical (unpaired) electrons. The molecule has 1 aliphatic heterocycles. The number of amides is 1. The number of methoxy groups -OCH3 is 1. The molecule has 4 rings (SSSR count). The van der Waals surface area contributed by atoms with Crippen LogP contribution < -0.4 is 15.4 Å². The average Bonchev–Trinajstić information content (AvgIpc) is 2.94. The number of esters is 1. The molecule has 3 aromatic rings. The molecule has 2 N–H and O–H groups in total. The molecule has 1 aromatic heterocycles. The predicted octanol–water partition coefficient (Wildman–Crippen LogP) is 5.78. The molecule has 0 atom stereocenters. The number of hydrogen-bond acceptors (Lipinski definition) is 8. The van der Waals surface area contributed by atoms with Crippen LogP contribution in [0.25, 0.3) is 10.9 Å². The maximum absolute atomic E-state index is 12.8. The number of likely N-dealkylation sites (tertiary alicyclic amines) is 1. The van der Waals surface area contributed by atoms with Crippen LogP contribution in [0.4, 0.5) is 17.1 Å². The lowest BCUT2D eigenvalue weighted by Gasteiger charge is -2.30. The van der Waals surface area contributed by atoms with Gasteiger partial charge in [0.15, 0.2) is 0 Å². The molecule has 0 bridgehead atoms. The van der Waals surface area contributed by atoms with Gasteiger partial charge in [0.2, 0.25) is 5.91 Å². The topological polar surface area (TPSA) is 117 Å². The number of nitriles is 1. The number of benzene rings is 2. The lowest BCUT2D eigenvalue weighted by atomic mass is 9.93. The van der Waals surface area contributed by atoms with Crippen LogP contribution in [-0.4, -0.2) is 55.1 Å². The lowest BCUT2D eigenvalue weighted by molar-refractivity contribution is -0.144. The molecule has 1 amide bonds. The highest BCUT2D eigenvalue weighted by molar-refractivity contribution is 9.10. The van der Waals surface area contributed by atoms with Gasteiger partial charge in [-0.15, -0.1) is 0 Å². The Kier molecular flexibility index (Phi) is 10.1. The van der Waals surface area contributed by atoms with E-state index in [1.165, 1.54) is 19.4 Å². The zero-order chi connectivity index (χ0) is 28.5. The molecular weight excluding hydrogens is 574 g/mol. The first-order valence-corrected chi connectivity index (χ1v) is 14.0. The van der Waals surface area contributed by atoms with Crippen molar-refractivity contribution in [1.29, 1.82) is 5.26 Å². The monoisotopic (exact) mass is 605 g/mol. The third-order valence-electron chi connectivity index (χ3n) is 6.76. The van der Waals surface area contributed by atoms with E-state index in [4.69, 9.17) is 9.47 Å². The summed E-state index contributed by atoms with van der Waals surface area (Å²) in [5, 5.41) is 16.6. The van der Waals surface area contributed by atoms with Gasteiger partial charge in [0.25, 0.3) is 0 Å². The molecule has 0 spiro atoms. The van der Waals surface area contributed by atoms with Crippen LogP contribution in [0, 0.1) is 17.2 Å². The molecule has 1 saturated heterocycles. The van der Waals surface area contributed by atoms with Crippen LogP contribution in [0.5, 0.6) is 5.75 Å². The fraction of sp³-hybridized carbons (Fsp3) is 0.333. The number of carbonyl (C=O) groups excluding carboxylic acids is 2. The van der Waals surface area contributed by atoms with Crippen molar-refractivity contribution in [3.05, 3.63) is 64.8 Å². The Bertz CT molecular complexity index is 1440. The number of anilines is 3. The van der Waals surface area contributed by atoms with Crippen molar-refractivity contribution >= 4 is 55.8 Å². The van der Waals surface area contributed by atoms with Gasteiger partial charge < -0.3 is 20.1 Å². The summed E-state index contributed by atoms with van der Waals surface area (Å²) in [5.41, 5.74) is 2.85. The Morgan fingerprint density at radius 1 is 1.25 bits per heavy atom. The Morgan fingerprint density at radius 3 is 2.75 bits per heavy atom. The normalized spacial score (nSPS) is 14.2. The summed E-state index contributed by atoms with van der Waals surface area (Å²) in [6.07, 6.45) is 7.20. The summed E-state index contributed by atoms with van der Waals surface area (Å²) in [6, 6.07) is 13.3. The van der Waals surface area contributed by atoms with Gasteiger partial charge in [-0.1, -0.05) is 28.1 Å². The van der Waals surface area contributed by atoms with Crippen LogP contribution in [0.1, 0.15) is 31.7 Å². The molecule has 2 aromatic carbocycles. The summed E-state index contributed by atoms with van der Waals surface area (Å²) in [7, 11) is 1.53. The van der Waals surface area contributed by atoms with E-state index in [9.17, 15) is 14.9 Å². The number of ether oxygens (including phenoxy) is 2. The van der Waals surface area contributed by atoms with E-state index >= 15 is 0 Å². The van der Waals surface area contributed by atoms with Crippen molar-refractivity contribution in [3.63, 3.8) is 0 Å². The Hall–Kier alpha value is -3.94. The van der Waals surface area contributed by atoms with E-state index in [0.717, 1.165) is 36.1 Å². The number of hydrogen-bond donors (Lipinski definition) is 2. The standard InChI is InChI=1S/C30H32BrN5O4/c1-3-40-29(38)14-20-9-12-36(13-10-20)11-5-8-28(37)35-26-16-24-25(17-27(26)39-2)33-19-21(18-32)30(24)34-23-7-4-6-22(31)15-23/h4-8,15-17,19-20H,3,9-14H2,1-2H3,(H,33,34)(H,35,37). The molecular formula is C30H32BrN5O4. The van der Waals surface area contributed by atoms with Gasteiger partial charge in [-0.2, -0.15) is 5.26 Å². The first kappa shape index (κ1) is 29.1. The van der Waals surface area contributed by atoms with E-state index in [2.05, 4.69) is 42.5 Å². The largest absolute Gasteiger partial charge is 0.494 e. The molecule has 2 heterocycles. The third-order valence-corrected chi connectivity index (χ3v) is 7.26. The first-order chi connectivity index (χ1) is 19.4. The van der Waals surface area contributed by atoms with E-state index in [0.29, 0.717) is 59.1 Å². The number of nitrogens with zero attached hydrogens (tertiary/aromatic N) is 3. The van der Waals surface area contributed by atoms with Gasteiger partial charge in [-0.3, -0.25) is 19.5 Å². The molecule has 0 unspecified atom stereocenters. The molecule has 40 heavy (non-hydrogen) atoms. The smallest absolute Gasteiger partial charge is 0.306 e.